The Kier molecular flexibility index (Phi) is 9.21. The average Bonchev–Trinajstić information content (AvgIpc) is 2.75. The van der Waals surface area contributed by atoms with Gasteiger partial charge in [0.05, 0.1) is 4.90 Å². The number of nitrogens with one attached hydrogen (secondary N) is 1. The standard InChI is InChI=1S/C22H33N3O6S/c1-5-25(6-2)32(29,30)19-9-7-18(8-10-19)22(28)23-12-21(27)31-15-20(26)24-13-16(3)11-17(4)14-24/h7-10,16-17H,5-6,11-15H2,1-4H3,(H,23,28). The topological polar surface area (TPSA) is 113 Å². The third-order valence-electron chi connectivity index (χ3n) is 5.43. The highest BCUT2D eigenvalue weighted by molar-refractivity contribution is 7.89. The lowest BCUT2D eigenvalue weighted by molar-refractivity contribution is -0.152. The molecule has 1 aromatic rings. The smallest absolute Gasteiger partial charge is 0.325 e. The first-order valence-corrected chi connectivity index (χ1v) is 12.3. The summed E-state index contributed by atoms with van der Waals surface area (Å²) in [7, 11) is -3.61. The fourth-order valence-electron chi connectivity index (χ4n) is 3.90. The number of amides is 2. The predicted octanol–water partition coefficient (Wildman–Crippen LogP) is 1.49. The van der Waals surface area contributed by atoms with E-state index in [-0.39, 0.29) is 23.0 Å². The van der Waals surface area contributed by atoms with Gasteiger partial charge in [-0.15, -0.1) is 0 Å². The first-order valence-electron chi connectivity index (χ1n) is 10.9. The summed E-state index contributed by atoms with van der Waals surface area (Å²) >= 11 is 0. The van der Waals surface area contributed by atoms with Crippen LogP contribution in [-0.4, -0.2) is 74.7 Å². The van der Waals surface area contributed by atoms with Crippen LogP contribution < -0.4 is 5.32 Å². The van der Waals surface area contributed by atoms with Crippen LogP contribution in [0.2, 0.25) is 0 Å². The largest absolute Gasteiger partial charge is 0.454 e. The monoisotopic (exact) mass is 467 g/mol. The van der Waals surface area contributed by atoms with Crippen LogP contribution >= 0.6 is 0 Å². The summed E-state index contributed by atoms with van der Waals surface area (Å²) in [5, 5.41) is 2.42. The van der Waals surface area contributed by atoms with Gasteiger partial charge in [0, 0.05) is 31.7 Å². The molecule has 2 rings (SSSR count). The molecule has 1 aliphatic rings. The molecule has 2 atom stereocenters. The van der Waals surface area contributed by atoms with Crippen LogP contribution in [0.25, 0.3) is 0 Å². The van der Waals surface area contributed by atoms with Crippen LogP contribution in [0.5, 0.6) is 0 Å². The maximum absolute atomic E-state index is 12.5. The Morgan fingerprint density at radius 1 is 1.06 bits per heavy atom. The molecular weight excluding hydrogens is 434 g/mol. The van der Waals surface area contributed by atoms with Gasteiger partial charge in [-0.2, -0.15) is 4.31 Å². The van der Waals surface area contributed by atoms with Gasteiger partial charge >= 0.3 is 5.97 Å². The third kappa shape index (κ3) is 6.77. The number of carbonyl (C=O) groups excluding carboxylic acids is 3. The summed E-state index contributed by atoms with van der Waals surface area (Å²) in [6.45, 7) is 8.93. The molecule has 0 bridgehead atoms. The van der Waals surface area contributed by atoms with Crippen molar-refractivity contribution in [3.8, 4) is 0 Å². The highest BCUT2D eigenvalue weighted by Crippen LogP contribution is 2.21. The zero-order valence-electron chi connectivity index (χ0n) is 19.2. The van der Waals surface area contributed by atoms with Crippen LogP contribution in [0.1, 0.15) is 44.5 Å². The fraction of sp³-hybridized carbons (Fsp3) is 0.591. The molecule has 9 nitrogen and oxygen atoms in total. The lowest BCUT2D eigenvalue weighted by atomic mass is 9.92. The predicted molar refractivity (Wildman–Crippen MR) is 119 cm³/mol. The Balaban J connectivity index is 1.83. The van der Waals surface area contributed by atoms with E-state index < -0.39 is 28.4 Å². The number of carbonyl (C=O) groups is 3. The van der Waals surface area contributed by atoms with Crippen molar-refractivity contribution in [3.05, 3.63) is 29.8 Å². The minimum Gasteiger partial charge on any atom is -0.454 e. The molecule has 1 N–H and O–H groups in total. The van der Waals surface area contributed by atoms with Gasteiger partial charge < -0.3 is 15.0 Å². The minimum absolute atomic E-state index is 0.0945. The molecule has 10 heteroatoms. The van der Waals surface area contributed by atoms with Crippen molar-refractivity contribution in [2.45, 2.75) is 39.0 Å². The lowest BCUT2D eigenvalue weighted by Crippen LogP contribution is -2.44. The molecule has 1 heterocycles. The number of rotatable bonds is 9. The number of nitrogens with zero attached hydrogens (tertiary/aromatic N) is 2. The van der Waals surface area contributed by atoms with Gasteiger partial charge in [-0.25, -0.2) is 8.42 Å². The molecule has 1 saturated heterocycles. The molecule has 0 saturated carbocycles. The van der Waals surface area contributed by atoms with Crippen molar-refractivity contribution in [3.63, 3.8) is 0 Å². The summed E-state index contributed by atoms with van der Waals surface area (Å²) in [6, 6.07) is 5.50. The van der Waals surface area contributed by atoms with Crippen LogP contribution in [0.3, 0.4) is 0 Å². The van der Waals surface area contributed by atoms with E-state index in [0.717, 1.165) is 6.42 Å². The van der Waals surface area contributed by atoms with E-state index in [1.807, 2.05) is 0 Å². The Morgan fingerprint density at radius 3 is 2.16 bits per heavy atom. The number of benzene rings is 1. The number of likely N-dealkylation sites (tertiary alicyclic amines) is 1. The van der Waals surface area contributed by atoms with Crippen LogP contribution in [-0.2, 0) is 24.3 Å². The van der Waals surface area contributed by atoms with Crippen molar-refractivity contribution >= 4 is 27.8 Å². The van der Waals surface area contributed by atoms with Crippen molar-refractivity contribution < 1.29 is 27.5 Å². The fourth-order valence-corrected chi connectivity index (χ4v) is 5.35. The zero-order chi connectivity index (χ0) is 23.9. The van der Waals surface area contributed by atoms with E-state index in [1.54, 1.807) is 18.7 Å². The quantitative estimate of drug-likeness (QED) is 0.551. The number of ether oxygens (including phenoxy) is 1. The van der Waals surface area contributed by atoms with Crippen molar-refractivity contribution in [2.75, 3.05) is 39.3 Å². The lowest BCUT2D eigenvalue weighted by Gasteiger charge is -2.34. The molecule has 2 amide bonds. The molecule has 0 radical (unpaired) electrons. The van der Waals surface area contributed by atoms with Gasteiger partial charge in [0.1, 0.15) is 6.54 Å². The number of sulfonamides is 1. The summed E-state index contributed by atoms with van der Waals surface area (Å²) in [5.74, 6) is -0.686. The normalized spacial score (nSPS) is 19.0. The molecule has 0 aliphatic carbocycles. The Bertz CT molecular complexity index is 902. The van der Waals surface area contributed by atoms with E-state index in [0.29, 0.717) is 38.0 Å². The summed E-state index contributed by atoms with van der Waals surface area (Å²) in [6.07, 6.45) is 1.07. The van der Waals surface area contributed by atoms with Gasteiger partial charge in [-0.1, -0.05) is 27.7 Å². The number of hydrogen-bond acceptors (Lipinski definition) is 6. The number of piperidine rings is 1. The summed E-state index contributed by atoms with van der Waals surface area (Å²) in [5.41, 5.74) is 0.212. The van der Waals surface area contributed by atoms with E-state index in [9.17, 15) is 22.8 Å². The molecule has 2 unspecified atom stereocenters. The van der Waals surface area contributed by atoms with Gasteiger partial charge in [0.25, 0.3) is 11.8 Å². The van der Waals surface area contributed by atoms with Crippen LogP contribution in [0.15, 0.2) is 29.2 Å². The van der Waals surface area contributed by atoms with Crippen molar-refractivity contribution in [2.24, 2.45) is 11.8 Å². The SMILES string of the molecule is CCN(CC)S(=O)(=O)c1ccc(C(=O)NCC(=O)OCC(=O)N2CC(C)CC(C)C2)cc1. The Hall–Kier alpha value is -2.46. The molecule has 0 aromatic heterocycles. The number of esters is 1. The second-order valence-corrected chi connectivity index (χ2v) is 10.1. The number of hydrogen-bond donors (Lipinski definition) is 1. The summed E-state index contributed by atoms with van der Waals surface area (Å²) in [4.78, 5) is 38.3. The highest BCUT2D eigenvalue weighted by atomic mass is 32.2. The van der Waals surface area contributed by atoms with E-state index in [1.165, 1.54) is 28.6 Å². The maximum Gasteiger partial charge on any atom is 0.325 e. The molecule has 1 aromatic carbocycles. The van der Waals surface area contributed by atoms with E-state index >= 15 is 0 Å². The maximum atomic E-state index is 12.5. The minimum atomic E-state index is -3.61. The molecule has 1 aliphatic heterocycles. The Morgan fingerprint density at radius 2 is 1.62 bits per heavy atom. The van der Waals surface area contributed by atoms with Crippen molar-refractivity contribution in [1.82, 2.24) is 14.5 Å². The third-order valence-corrected chi connectivity index (χ3v) is 7.50. The van der Waals surface area contributed by atoms with Crippen LogP contribution in [0, 0.1) is 11.8 Å². The van der Waals surface area contributed by atoms with Crippen LogP contribution in [0.4, 0.5) is 0 Å². The van der Waals surface area contributed by atoms with Crippen molar-refractivity contribution in [1.29, 1.82) is 0 Å². The molecule has 0 spiro atoms. The zero-order valence-corrected chi connectivity index (χ0v) is 20.0. The highest BCUT2D eigenvalue weighted by Gasteiger charge is 2.26. The van der Waals surface area contributed by atoms with Gasteiger partial charge in [0.15, 0.2) is 6.61 Å². The first-order chi connectivity index (χ1) is 15.1. The Labute approximate surface area is 190 Å². The van der Waals surface area contributed by atoms with E-state index in [4.69, 9.17) is 4.74 Å². The molecular formula is C22H33N3O6S. The second kappa shape index (κ2) is 11.4. The van der Waals surface area contributed by atoms with E-state index in [2.05, 4.69) is 19.2 Å². The molecule has 32 heavy (non-hydrogen) atoms. The second-order valence-electron chi connectivity index (χ2n) is 8.20. The molecule has 178 valence electrons. The molecule has 1 fully saturated rings. The summed E-state index contributed by atoms with van der Waals surface area (Å²) < 4.78 is 31.3. The van der Waals surface area contributed by atoms with Gasteiger partial charge in [-0.3, -0.25) is 14.4 Å². The average molecular weight is 468 g/mol. The van der Waals surface area contributed by atoms with Gasteiger partial charge in [0.2, 0.25) is 10.0 Å². The first kappa shape index (κ1) is 25.8. The van der Waals surface area contributed by atoms with Gasteiger partial charge in [-0.05, 0) is 42.5 Å².